The molecule has 2 atom stereocenters. The smallest absolute Gasteiger partial charge is 0.0951 e. The van der Waals surface area contributed by atoms with E-state index in [1.54, 1.807) is 0 Å². The first-order chi connectivity index (χ1) is 9.34. The topological polar surface area (TPSA) is 53.1 Å². The van der Waals surface area contributed by atoms with Crippen molar-refractivity contribution >= 4 is 0 Å². The van der Waals surface area contributed by atoms with E-state index in [2.05, 4.69) is 33.8 Å². The molecule has 1 fully saturated rings. The Kier molecular flexibility index (Phi) is 3.62. The van der Waals surface area contributed by atoms with Crippen LogP contribution in [0.25, 0.3) is 0 Å². The lowest BCUT2D eigenvalue weighted by atomic mass is 9.97. The summed E-state index contributed by atoms with van der Waals surface area (Å²) in [5.74, 6) is 0.409. The van der Waals surface area contributed by atoms with Crippen LogP contribution in [0.5, 0.6) is 0 Å². The summed E-state index contributed by atoms with van der Waals surface area (Å²) in [6.07, 6.45) is 4.78. The van der Waals surface area contributed by atoms with E-state index >= 15 is 0 Å². The van der Waals surface area contributed by atoms with E-state index in [0.717, 1.165) is 31.9 Å². The zero-order chi connectivity index (χ0) is 13.1. The molecule has 3 rings (SSSR count). The van der Waals surface area contributed by atoms with E-state index in [4.69, 9.17) is 10.5 Å². The number of rotatable bonds is 4. The molecular formula is C15H19N3O. The molecule has 1 aliphatic heterocycles. The van der Waals surface area contributed by atoms with Crippen molar-refractivity contribution in [2.45, 2.75) is 19.0 Å². The van der Waals surface area contributed by atoms with Crippen LogP contribution in [0.1, 0.15) is 23.7 Å². The van der Waals surface area contributed by atoms with Crippen molar-refractivity contribution < 1.29 is 4.74 Å². The molecule has 0 spiro atoms. The van der Waals surface area contributed by atoms with Crippen molar-refractivity contribution in [2.75, 3.05) is 13.2 Å². The number of aromatic nitrogens is 2. The summed E-state index contributed by atoms with van der Waals surface area (Å²) in [6, 6.07) is 10.4. The molecule has 2 unspecified atom stereocenters. The first-order valence-electron chi connectivity index (χ1n) is 6.72. The monoisotopic (exact) mass is 257 g/mol. The maximum absolute atomic E-state index is 6.36. The van der Waals surface area contributed by atoms with E-state index in [0.29, 0.717) is 5.92 Å². The van der Waals surface area contributed by atoms with Gasteiger partial charge in [0.1, 0.15) is 0 Å². The van der Waals surface area contributed by atoms with Crippen molar-refractivity contribution in [3.8, 4) is 0 Å². The Labute approximate surface area is 113 Å². The van der Waals surface area contributed by atoms with Crippen LogP contribution in [0.4, 0.5) is 0 Å². The second-order valence-corrected chi connectivity index (χ2v) is 5.08. The molecule has 2 heterocycles. The molecule has 2 aromatic rings. The van der Waals surface area contributed by atoms with E-state index in [1.165, 1.54) is 5.56 Å². The molecule has 1 saturated heterocycles. The van der Waals surface area contributed by atoms with Gasteiger partial charge in [0.2, 0.25) is 0 Å². The van der Waals surface area contributed by atoms with E-state index in [9.17, 15) is 0 Å². The summed E-state index contributed by atoms with van der Waals surface area (Å²) in [7, 11) is 0. The van der Waals surface area contributed by atoms with E-state index in [-0.39, 0.29) is 6.04 Å². The molecule has 1 aromatic heterocycles. The summed E-state index contributed by atoms with van der Waals surface area (Å²) in [5, 5.41) is 0. The molecule has 1 aromatic carbocycles. The lowest BCUT2D eigenvalue weighted by Crippen LogP contribution is -2.24. The molecule has 19 heavy (non-hydrogen) atoms. The van der Waals surface area contributed by atoms with Gasteiger partial charge >= 0.3 is 0 Å². The summed E-state index contributed by atoms with van der Waals surface area (Å²) in [5.41, 5.74) is 8.72. The van der Waals surface area contributed by atoms with Crippen LogP contribution in [0, 0.1) is 5.92 Å². The van der Waals surface area contributed by atoms with E-state index < -0.39 is 0 Å². The fourth-order valence-corrected chi connectivity index (χ4v) is 2.60. The van der Waals surface area contributed by atoms with Crippen LogP contribution in [0.15, 0.2) is 42.9 Å². The van der Waals surface area contributed by atoms with Gasteiger partial charge < -0.3 is 15.0 Å². The maximum atomic E-state index is 6.36. The molecule has 0 saturated carbocycles. The van der Waals surface area contributed by atoms with Gasteiger partial charge in [-0.05, 0) is 12.0 Å². The van der Waals surface area contributed by atoms with Crippen molar-refractivity contribution in [1.82, 2.24) is 9.55 Å². The highest BCUT2D eigenvalue weighted by Crippen LogP contribution is 2.26. The van der Waals surface area contributed by atoms with Crippen molar-refractivity contribution in [2.24, 2.45) is 11.7 Å². The van der Waals surface area contributed by atoms with E-state index in [1.807, 2.05) is 18.6 Å². The number of hydrogen-bond donors (Lipinski definition) is 1. The Hall–Kier alpha value is -1.65. The second kappa shape index (κ2) is 5.55. The maximum Gasteiger partial charge on any atom is 0.0951 e. The van der Waals surface area contributed by atoms with Gasteiger partial charge in [-0.2, -0.15) is 0 Å². The predicted octanol–water partition coefficient (Wildman–Crippen LogP) is 1.97. The fourth-order valence-electron chi connectivity index (χ4n) is 2.60. The van der Waals surface area contributed by atoms with Gasteiger partial charge in [0.15, 0.2) is 0 Å². The van der Waals surface area contributed by atoms with Crippen LogP contribution >= 0.6 is 0 Å². The number of nitrogens with zero attached hydrogens (tertiary/aromatic N) is 2. The Morgan fingerprint density at radius 3 is 2.95 bits per heavy atom. The number of imidazole rings is 1. The molecule has 0 bridgehead atoms. The third-order valence-electron chi connectivity index (χ3n) is 3.75. The minimum Gasteiger partial charge on any atom is -0.381 e. The normalized spacial score (nSPS) is 20.6. The molecule has 0 radical (unpaired) electrons. The standard InChI is InChI=1S/C15H19N3O/c16-15(13-6-7-19-10-13)14-8-17-11-18(14)9-12-4-2-1-3-5-12/h1-5,8,11,13,15H,6-7,9-10,16H2. The summed E-state index contributed by atoms with van der Waals surface area (Å²) >= 11 is 0. The lowest BCUT2D eigenvalue weighted by molar-refractivity contribution is 0.180. The zero-order valence-corrected chi connectivity index (χ0v) is 10.9. The lowest BCUT2D eigenvalue weighted by Gasteiger charge is -2.19. The van der Waals surface area contributed by atoms with Crippen molar-refractivity contribution in [1.29, 1.82) is 0 Å². The van der Waals surface area contributed by atoms with Crippen LogP contribution in [0.2, 0.25) is 0 Å². The quantitative estimate of drug-likeness (QED) is 0.911. The summed E-state index contributed by atoms with van der Waals surface area (Å²) < 4.78 is 7.56. The summed E-state index contributed by atoms with van der Waals surface area (Å²) in [6.45, 7) is 2.40. The van der Waals surface area contributed by atoms with Crippen LogP contribution in [-0.4, -0.2) is 22.8 Å². The van der Waals surface area contributed by atoms with Gasteiger partial charge in [0.05, 0.1) is 24.7 Å². The highest BCUT2D eigenvalue weighted by molar-refractivity contribution is 5.17. The molecule has 2 N–H and O–H groups in total. The average Bonchev–Trinajstić information content (AvgIpc) is 3.10. The minimum absolute atomic E-state index is 0.00807. The molecule has 4 nitrogen and oxygen atoms in total. The predicted molar refractivity (Wildman–Crippen MR) is 73.6 cm³/mol. The highest BCUT2D eigenvalue weighted by Gasteiger charge is 2.26. The van der Waals surface area contributed by atoms with Crippen LogP contribution < -0.4 is 5.73 Å². The third kappa shape index (κ3) is 2.69. The first-order valence-corrected chi connectivity index (χ1v) is 6.72. The Morgan fingerprint density at radius 1 is 1.37 bits per heavy atom. The molecule has 0 amide bonds. The summed E-state index contributed by atoms with van der Waals surface area (Å²) in [4.78, 5) is 4.25. The number of hydrogen-bond acceptors (Lipinski definition) is 3. The Balaban J connectivity index is 1.78. The minimum atomic E-state index is 0.00807. The van der Waals surface area contributed by atoms with Crippen molar-refractivity contribution in [3.63, 3.8) is 0 Å². The second-order valence-electron chi connectivity index (χ2n) is 5.08. The Bertz CT molecular complexity index is 517. The number of benzene rings is 1. The molecule has 1 aliphatic rings. The van der Waals surface area contributed by atoms with Crippen molar-refractivity contribution in [3.05, 3.63) is 54.1 Å². The third-order valence-corrected chi connectivity index (χ3v) is 3.75. The number of ether oxygens (including phenoxy) is 1. The van der Waals surface area contributed by atoms with Gasteiger partial charge in [-0.1, -0.05) is 30.3 Å². The van der Waals surface area contributed by atoms with Gasteiger partial charge in [-0.25, -0.2) is 4.98 Å². The molecule has 0 aliphatic carbocycles. The Morgan fingerprint density at radius 2 is 2.21 bits per heavy atom. The molecule has 4 heteroatoms. The van der Waals surface area contributed by atoms with Gasteiger partial charge in [0, 0.05) is 25.3 Å². The largest absolute Gasteiger partial charge is 0.381 e. The molecule has 100 valence electrons. The highest BCUT2D eigenvalue weighted by atomic mass is 16.5. The fraction of sp³-hybridized carbons (Fsp3) is 0.400. The molecular weight excluding hydrogens is 238 g/mol. The van der Waals surface area contributed by atoms with Gasteiger partial charge in [-0.3, -0.25) is 0 Å². The van der Waals surface area contributed by atoms with Crippen LogP contribution in [-0.2, 0) is 11.3 Å². The van der Waals surface area contributed by atoms with Gasteiger partial charge in [0.25, 0.3) is 0 Å². The zero-order valence-electron chi connectivity index (χ0n) is 10.9. The SMILES string of the molecule is NC(c1cncn1Cc1ccccc1)C1CCOC1. The number of nitrogens with two attached hydrogens (primary N) is 1. The van der Waals surface area contributed by atoms with Crippen LogP contribution in [0.3, 0.4) is 0 Å². The van der Waals surface area contributed by atoms with Gasteiger partial charge in [-0.15, -0.1) is 0 Å². The average molecular weight is 257 g/mol. The first kappa shape index (κ1) is 12.4.